The lowest BCUT2D eigenvalue weighted by molar-refractivity contribution is -0.138. The second-order valence-electron chi connectivity index (χ2n) is 4.74. The zero-order chi connectivity index (χ0) is 15.3. The van der Waals surface area contributed by atoms with E-state index in [1.165, 1.54) is 19.1 Å². The summed E-state index contributed by atoms with van der Waals surface area (Å²) in [6.07, 6.45) is -4.20. The molecule has 1 unspecified atom stereocenters. The standard InChI is InChI=1S/C14H19F3N2O/c1-4-18-10(3)7-13(20)19-11-6-5-9(2)12(8-11)14(15,16)17/h5-6,8,10,18H,4,7H2,1-3H3,(H,19,20). The number of rotatable bonds is 5. The van der Waals surface area contributed by atoms with Gasteiger partial charge in [-0.15, -0.1) is 0 Å². The molecule has 0 aromatic heterocycles. The minimum Gasteiger partial charge on any atom is -0.326 e. The van der Waals surface area contributed by atoms with E-state index in [0.717, 1.165) is 12.6 Å². The third kappa shape index (κ3) is 4.85. The monoisotopic (exact) mass is 288 g/mol. The first-order valence-corrected chi connectivity index (χ1v) is 6.45. The minimum atomic E-state index is -4.41. The largest absolute Gasteiger partial charge is 0.416 e. The number of amides is 1. The highest BCUT2D eigenvalue weighted by molar-refractivity contribution is 5.91. The van der Waals surface area contributed by atoms with Crippen molar-refractivity contribution in [2.45, 2.75) is 39.4 Å². The summed E-state index contributed by atoms with van der Waals surface area (Å²) in [5.74, 6) is -0.310. The van der Waals surface area contributed by atoms with Crippen LogP contribution in [0.5, 0.6) is 0 Å². The van der Waals surface area contributed by atoms with E-state index in [0.29, 0.717) is 0 Å². The highest BCUT2D eigenvalue weighted by atomic mass is 19.4. The normalized spacial score (nSPS) is 13.1. The molecule has 1 aromatic carbocycles. The Kier molecular flexibility index (Phi) is 5.56. The molecule has 2 N–H and O–H groups in total. The molecule has 0 radical (unpaired) electrons. The molecule has 20 heavy (non-hydrogen) atoms. The Balaban J connectivity index is 2.76. The molecule has 0 aliphatic rings. The van der Waals surface area contributed by atoms with Crippen LogP contribution in [-0.4, -0.2) is 18.5 Å². The number of hydrogen-bond acceptors (Lipinski definition) is 2. The highest BCUT2D eigenvalue weighted by Gasteiger charge is 2.32. The van der Waals surface area contributed by atoms with Crippen LogP contribution >= 0.6 is 0 Å². The van der Waals surface area contributed by atoms with Crippen LogP contribution in [-0.2, 0) is 11.0 Å². The molecule has 0 fully saturated rings. The summed E-state index contributed by atoms with van der Waals surface area (Å²) in [7, 11) is 0. The van der Waals surface area contributed by atoms with Gasteiger partial charge in [0, 0.05) is 18.2 Å². The van der Waals surface area contributed by atoms with Crippen molar-refractivity contribution in [3.63, 3.8) is 0 Å². The summed E-state index contributed by atoms with van der Waals surface area (Å²) in [6, 6.07) is 3.77. The van der Waals surface area contributed by atoms with Crippen LogP contribution < -0.4 is 10.6 Å². The molecule has 1 aromatic rings. The third-order valence-electron chi connectivity index (χ3n) is 2.87. The third-order valence-corrected chi connectivity index (χ3v) is 2.87. The van der Waals surface area contributed by atoms with Gasteiger partial charge in [-0.3, -0.25) is 4.79 Å². The smallest absolute Gasteiger partial charge is 0.326 e. The van der Waals surface area contributed by atoms with Crippen molar-refractivity contribution < 1.29 is 18.0 Å². The molecule has 1 atom stereocenters. The molecule has 1 rings (SSSR count). The molecule has 0 heterocycles. The zero-order valence-electron chi connectivity index (χ0n) is 11.8. The van der Waals surface area contributed by atoms with Gasteiger partial charge in [-0.1, -0.05) is 13.0 Å². The van der Waals surface area contributed by atoms with Crippen LogP contribution in [0.4, 0.5) is 18.9 Å². The fourth-order valence-corrected chi connectivity index (χ4v) is 1.92. The van der Waals surface area contributed by atoms with E-state index in [2.05, 4.69) is 10.6 Å². The van der Waals surface area contributed by atoms with E-state index in [9.17, 15) is 18.0 Å². The number of nitrogens with one attached hydrogen (secondary N) is 2. The molecule has 0 saturated carbocycles. The van der Waals surface area contributed by atoms with Gasteiger partial charge in [-0.05, 0) is 38.1 Å². The maximum Gasteiger partial charge on any atom is 0.416 e. The van der Waals surface area contributed by atoms with Crippen molar-refractivity contribution in [1.82, 2.24) is 5.32 Å². The summed E-state index contributed by atoms with van der Waals surface area (Å²) in [5, 5.41) is 5.56. The molecule has 6 heteroatoms. The Morgan fingerprint density at radius 3 is 2.55 bits per heavy atom. The fraction of sp³-hybridized carbons (Fsp3) is 0.500. The molecular formula is C14H19F3N2O. The van der Waals surface area contributed by atoms with Crippen LogP contribution in [0.15, 0.2) is 18.2 Å². The van der Waals surface area contributed by atoms with E-state index in [1.54, 1.807) is 0 Å². The molecular weight excluding hydrogens is 269 g/mol. The van der Waals surface area contributed by atoms with E-state index >= 15 is 0 Å². The summed E-state index contributed by atoms with van der Waals surface area (Å²) in [5.41, 5.74) is -0.428. The van der Waals surface area contributed by atoms with E-state index < -0.39 is 11.7 Å². The Morgan fingerprint density at radius 2 is 2.00 bits per heavy atom. The van der Waals surface area contributed by atoms with Crippen molar-refractivity contribution in [3.8, 4) is 0 Å². The van der Waals surface area contributed by atoms with Gasteiger partial charge in [0.25, 0.3) is 0 Å². The molecule has 0 spiro atoms. The number of hydrogen-bond donors (Lipinski definition) is 2. The lowest BCUT2D eigenvalue weighted by atomic mass is 10.1. The van der Waals surface area contributed by atoms with Crippen molar-refractivity contribution in [3.05, 3.63) is 29.3 Å². The van der Waals surface area contributed by atoms with Crippen molar-refractivity contribution in [2.24, 2.45) is 0 Å². The number of halogens is 3. The number of alkyl halides is 3. The Morgan fingerprint density at radius 1 is 1.35 bits per heavy atom. The number of carbonyl (C=O) groups is 1. The average Bonchev–Trinajstić information content (AvgIpc) is 2.30. The van der Waals surface area contributed by atoms with Crippen LogP contribution in [0.3, 0.4) is 0 Å². The molecule has 0 saturated heterocycles. The van der Waals surface area contributed by atoms with Gasteiger partial charge < -0.3 is 10.6 Å². The number of aryl methyl sites for hydroxylation is 1. The van der Waals surface area contributed by atoms with Crippen molar-refractivity contribution >= 4 is 11.6 Å². The first-order valence-electron chi connectivity index (χ1n) is 6.45. The zero-order valence-corrected chi connectivity index (χ0v) is 11.8. The topological polar surface area (TPSA) is 41.1 Å². The van der Waals surface area contributed by atoms with Crippen LogP contribution in [0.25, 0.3) is 0 Å². The lowest BCUT2D eigenvalue weighted by Crippen LogP contribution is -2.30. The molecule has 0 aliphatic carbocycles. The Bertz CT molecular complexity index is 472. The SMILES string of the molecule is CCNC(C)CC(=O)Nc1ccc(C)c(C(F)(F)F)c1. The van der Waals surface area contributed by atoms with Crippen molar-refractivity contribution in [1.29, 1.82) is 0 Å². The average molecular weight is 288 g/mol. The predicted octanol–water partition coefficient (Wildman–Crippen LogP) is 3.34. The van der Waals surface area contributed by atoms with Gasteiger partial charge in [-0.25, -0.2) is 0 Å². The van der Waals surface area contributed by atoms with E-state index in [4.69, 9.17) is 0 Å². The molecule has 112 valence electrons. The Labute approximate surface area is 116 Å². The van der Waals surface area contributed by atoms with Gasteiger partial charge in [0.15, 0.2) is 0 Å². The second kappa shape index (κ2) is 6.74. The van der Waals surface area contributed by atoms with E-state index in [1.807, 2.05) is 13.8 Å². The van der Waals surface area contributed by atoms with Gasteiger partial charge in [0.05, 0.1) is 5.56 Å². The van der Waals surface area contributed by atoms with Crippen LogP contribution in [0, 0.1) is 6.92 Å². The molecule has 0 bridgehead atoms. The number of benzene rings is 1. The van der Waals surface area contributed by atoms with Crippen molar-refractivity contribution in [2.75, 3.05) is 11.9 Å². The summed E-state index contributed by atoms with van der Waals surface area (Å²) >= 11 is 0. The first-order chi connectivity index (χ1) is 9.24. The summed E-state index contributed by atoms with van der Waals surface area (Å²) < 4.78 is 38.3. The summed E-state index contributed by atoms with van der Waals surface area (Å²) in [4.78, 5) is 11.7. The fourth-order valence-electron chi connectivity index (χ4n) is 1.92. The number of carbonyl (C=O) groups excluding carboxylic acids is 1. The second-order valence-corrected chi connectivity index (χ2v) is 4.74. The quantitative estimate of drug-likeness (QED) is 0.872. The maximum atomic E-state index is 12.8. The van der Waals surface area contributed by atoms with Gasteiger partial charge in [-0.2, -0.15) is 13.2 Å². The van der Waals surface area contributed by atoms with Gasteiger partial charge >= 0.3 is 6.18 Å². The predicted molar refractivity (Wildman–Crippen MR) is 72.6 cm³/mol. The molecule has 0 aliphatic heterocycles. The van der Waals surface area contributed by atoms with Gasteiger partial charge in [0.1, 0.15) is 0 Å². The molecule has 1 amide bonds. The van der Waals surface area contributed by atoms with Crippen LogP contribution in [0.1, 0.15) is 31.4 Å². The highest BCUT2D eigenvalue weighted by Crippen LogP contribution is 2.33. The van der Waals surface area contributed by atoms with E-state index in [-0.39, 0.29) is 29.6 Å². The summed E-state index contributed by atoms with van der Waals surface area (Å²) in [6.45, 7) is 5.89. The van der Waals surface area contributed by atoms with Crippen LogP contribution in [0.2, 0.25) is 0 Å². The lowest BCUT2D eigenvalue weighted by Gasteiger charge is -2.14. The maximum absolute atomic E-state index is 12.8. The van der Waals surface area contributed by atoms with Gasteiger partial charge in [0.2, 0.25) is 5.91 Å². The number of anilines is 1. The Hall–Kier alpha value is -1.56. The minimum absolute atomic E-state index is 0.0208. The first kappa shape index (κ1) is 16.5. The molecule has 3 nitrogen and oxygen atoms in total.